The summed E-state index contributed by atoms with van der Waals surface area (Å²) in [5.74, 6) is 0.0299. The quantitative estimate of drug-likeness (QED) is 0.614. The minimum atomic E-state index is -0.888. The van der Waals surface area contributed by atoms with E-state index in [2.05, 4.69) is 26.8 Å². The third-order valence-corrected chi connectivity index (χ3v) is 7.78. The lowest BCUT2D eigenvalue weighted by atomic mass is 9.45. The molecule has 27 heavy (non-hydrogen) atoms. The van der Waals surface area contributed by atoms with Gasteiger partial charge in [0.2, 0.25) is 0 Å². The third-order valence-electron chi connectivity index (χ3n) is 7.78. The standard InChI is InChI=1S/C22H30O5/c1-13-6-5-7-19-21(13,4)10-17(26-15(3)23)14(2)22(19)11-18(27-20(22)24)16-8-9-25-12-16/h6,8-9,12,14,17-20,24H,5,7,10-11H2,1-4H3/t14-,17-,18+,19+,20-,21+,22-/m1/s1. The molecule has 1 spiro atoms. The molecule has 148 valence electrons. The highest BCUT2D eigenvalue weighted by molar-refractivity contribution is 5.66. The summed E-state index contributed by atoms with van der Waals surface area (Å²) in [6.45, 7) is 8.03. The van der Waals surface area contributed by atoms with Crippen LogP contribution in [0.1, 0.15) is 65.0 Å². The molecule has 0 bridgehead atoms. The topological polar surface area (TPSA) is 68.9 Å². The highest BCUT2D eigenvalue weighted by atomic mass is 16.6. The van der Waals surface area contributed by atoms with Crippen LogP contribution in [0.3, 0.4) is 0 Å². The number of hydrogen-bond donors (Lipinski definition) is 1. The molecule has 2 aliphatic carbocycles. The molecule has 1 N–H and O–H groups in total. The number of fused-ring (bicyclic) bond motifs is 2. The molecule has 0 unspecified atom stereocenters. The number of carbonyl (C=O) groups excluding carboxylic acids is 1. The van der Waals surface area contributed by atoms with E-state index in [1.54, 1.807) is 12.5 Å². The van der Waals surface area contributed by atoms with E-state index in [0.29, 0.717) is 6.42 Å². The highest BCUT2D eigenvalue weighted by Gasteiger charge is 2.66. The molecule has 0 radical (unpaired) electrons. The Morgan fingerprint density at radius 2 is 2.15 bits per heavy atom. The molecule has 2 heterocycles. The average Bonchev–Trinajstić information content (AvgIpc) is 3.23. The van der Waals surface area contributed by atoms with E-state index in [4.69, 9.17) is 13.9 Å². The molecule has 3 aliphatic rings. The Morgan fingerprint density at radius 1 is 1.37 bits per heavy atom. The van der Waals surface area contributed by atoms with Crippen LogP contribution in [0.2, 0.25) is 0 Å². The maximum atomic E-state index is 11.8. The van der Waals surface area contributed by atoms with Crippen LogP contribution in [0.25, 0.3) is 0 Å². The van der Waals surface area contributed by atoms with Crippen molar-refractivity contribution in [2.45, 2.75) is 71.9 Å². The molecule has 4 rings (SSSR count). The summed E-state index contributed by atoms with van der Waals surface area (Å²) in [5.41, 5.74) is 1.73. The second-order valence-corrected chi connectivity index (χ2v) is 8.93. The fourth-order valence-electron chi connectivity index (χ4n) is 6.21. The van der Waals surface area contributed by atoms with E-state index in [9.17, 15) is 9.90 Å². The molecule has 1 saturated carbocycles. The van der Waals surface area contributed by atoms with Crippen molar-refractivity contribution in [3.05, 3.63) is 35.8 Å². The molecule has 7 atom stereocenters. The molecular weight excluding hydrogens is 344 g/mol. The number of aliphatic hydroxyl groups excluding tert-OH is 1. The van der Waals surface area contributed by atoms with E-state index in [-0.39, 0.29) is 35.4 Å². The van der Waals surface area contributed by atoms with Crippen molar-refractivity contribution >= 4 is 5.97 Å². The molecule has 2 fully saturated rings. The largest absolute Gasteiger partial charge is 0.472 e. The second kappa shape index (κ2) is 6.49. The summed E-state index contributed by atoms with van der Waals surface area (Å²) in [6.07, 6.45) is 7.86. The van der Waals surface area contributed by atoms with Crippen LogP contribution in [0.15, 0.2) is 34.7 Å². The maximum absolute atomic E-state index is 11.8. The number of aliphatic hydroxyl groups is 1. The summed E-state index contributed by atoms with van der Waals surface area (Å²) >= 11 is 0. The smallest absolute Gasteiger partial charge is 0.302 e. The first-order valence-electron chi connectivity index (χ1n) is 9.99. The van der Waals surface area contributed by atoms with Crippen LogP contribution < -0.4 is 0 Å². The van der Waals surface area contributed by atoms with Gasteiger partial charge >= 0.3 is 5.97 Å². The summed E-state index contributed by atoms with van der Waals surface area (Å²) in [7, 11) is 0. The van der Waals surface area contributed by atoms with Gasteiger partial charge in [-0.3, -0.25) is 4.79 Å². The minimum Gasteiger partial charge on any atom is -0.472 e. The maximum Gasteiger partial charge on any atom is 0.302 e. The van der Waals surface area contributed by atoms with Crippen molar-refractivity contribution < 1.29 is 23.8 Å². The zero-order valence-corrected chi connectivity index (χ0v) is 16.6. The summed E-state index contributed by atoms with van der Waals surface area (Å²) < 4.78 is 17.1. The molecule has 1 aromatic heterocycles. The number of carbonyl (C=O) groups is 1. The van der Waals surface area contributed by atoms with Crippen LogP contribution in [0.5, 0.6) is 0 Å². The van der Waals surface area contributed by atoms with Crippen molar-refractivity contribution in [3.63, 3.8) is 0 Å². The van der Waals surface area contributed by atoms with Crippen LogP contribution >= 0.6 is 0 Å². The van der Waals surface area contributed by atoms with Gasteiger partial charge in [0.05, 0.1) is 18.6 Å². The first kappa shape index (κ1) is 18.8. The summed E-state index contributed by atoms with van der Waals surface area (Å²) in [6, 6.07) is 1.90. The van der Waals surface area contributed by atoms with Crippen molar-refractivity contribution in [1.82, 2.24) is 0 Å². The van der Waals surface area contributed by atoms with Gasteiger partial charge in [-0.2, -0.15) is 0 Å². The third kappa shape index (κ3) is 2.70. The molecule has 5 heteroatoms. The molecule has 5 nitrogen and oxygen atoms in total. The number of allylic oxidation sites excluding steroid dienone is 2. The van der Waals surface area contributed by atoms with Gasteiger partial charge in [0.25, 0.3) is 0 Å². The lowest BCUT2D eigenvalue weighted by Crippen LogP contribution is -2.60. The van der Waals surface area contributed by atoms with Gasteiger partial charge in [-0.25, -0.2) is 0 Å². The van der Waals surface area contributed by atoms with Crippen molar-refractivity contribution in [3.8, 4) is 0 Å². The minimum absolute atomic E-state index is 0.0114. The molecule has 1 saturated heterocycles. The fourth-order valence-corrected chi connectivity index (χ4v) is 6.21. The first-order valence-corrected chi connectivity index (χ1v) is 9.99. The van der Waals surface area contributed by atoms with Gasteiger partial charge < -0.3 is 19.0 Å². The zero-order valence-electron chi connectivity index (χ0n) is 16.6. The Bertz CT molecular complexity index is 738. The SMILES string of the molecule is CC(=O)O[C@@H]1C[C@@]2(C)C(C)=CCC[C@@H]2[C@@]2(C[C@@H](c3ccoc3)O[C@H]2O)[C@@H]1C. The van der Waals surface area contributed by atoms with E-state index in [0.717, 1.165) is 24.8 Å². The van der Waals surface area contributed by atoms with E-state index in [1.807, 2.05) is 6.07 Å². The van der Waals surface area contributed by atoms with Crippen LogP contribution in [-0.4, -0.2) is 23.5 Å². The Hall–Kier alpha value is -1.59. The summed E-state index contributed by atoms with van der Waals surface area (Å²) in [5, 5.41) is 11.2. The van der Waals surface area contributed by atoms with Gasteiger partial charge in [-0.05, 0) is 50.0 Å². The van der Waals surface area contributed by atoms with Crippen LogP contribution in [0.4, 0.5) is 0 Å². The Labute approximate surface area is 160 Å². The van der Waals surface area contributed by atoms with E-state index in [1.165, 1.54) is 12.5 Å². The molecular formula is C22H30O5. The highest BCUT2D eigenvalue weighted by Crippen LogP contribution is 2.67. The molecule has 0 amide bonds. The van der Waals surface area contributed by atoms with E-state index < -0.39 is 11.7 Å². The number of ether oxygens (including phenoxy) is 2. The predicted molar refractivity (Wildman–Crippen MR) is 99.5 cm³/mol. The first-order chi connectivity index (χ1) is 12.8. The number of esters is 1. The second-order valence-electron chi connectivity index (χ2n) is 8.93. The molecule has 1 aliphatic heterocycles. The zero-order chi connectivity index (χ0) is 19.4. The molecule has 0 aromatic carbocycles. The van der Waals surface area contributed by atoms with Gasteiger partial charge in [-0.15, -0.1) is 0 Å². The molecule has 1 aromatic rings. The monoisotopic (exact) mass is 374 g/mol. The lowest BCUT2D eigenvalue weighted by Gasteiger charge is -2.60. The van der Waals surface area contributed by atoms with Crippen molar-refractivity contribution in [1.29, 1.82) is 0 Å². The summed E-state index contributed by atoms with van der Waals surface area (Å²) in [4.78, 5) is 11.8. The van der Waals surface area contributed by atoms with Gasteiger partial charge in [0, 0.05) is 23.8 Å². The van der Waals surface area contributed by atoms with Crippen LogP contribution in [0, 0.1) is 22.7 Å². The fraction of sp³-hybridized carbons (Fsp3) is 0.682. The van der Waals surface area contributed by atoms with Gasteiger partial charge in [0.1, 0.15) is 6.10 Å². The predicted octanol–water partition coefficient (Wildman–Crippen LogP) is 4.38. The Balaban J connectivity index is 1.78. The van der Waals surface area contributed by atoms with E-state index >= 15 is 0 Å². The number of furan rings is 1. The van der Waals surface area contributed by atoms with Crippen LogP contribution in [-0.2, 0) is 14.3 Å². The Morgan fingerprint density at radius 3 is 2.81 bits per heavy atom. The lowest BCUT2D eigenvalue weighted by molar-refractivity contribution is -0.223. The Kier molecular flexibility index (Phi) is 4.51. The average molecular weight is 374 g/mol. The number of rotatable bonds is 2. The van der Waals surface area contributed by atoms with Gasteiger partial charge in [-0.1, -0.05) is 25.5 Å². The normalized spacial score (nSPS) is 44.0. The van der Waals surface area contributed by atoms with Crippen molar-refractivity contribution in [2.75, 3.05) is 0 Å². The van der Waals surface area contributed by atoms with Crippen molar-refractivity contribution in [2.24, 2.45) is 22.7 Å². The number of hydrogen-bond acceptors (Lipinski definition) is 5. The van der Waals surface area contributed by atoms with Gasteiger partial charge in [0.15, 0.2) is 6.29 Å².